The number of carbonyl (C=O) groups excluding carboxylic acids is 1. The first-order chi connectivity index (χ1) is 9.88. The van der Waals surface area contributed by atoms with Crippen molar-refractivity contribution >= 4 is 5.78 Å². The summed E-state index contributed by atoms with van der Waals surface area (Å²) in [5.41, 5.74) is -0.574. The highest BCUT2D eigenvalue weighted by atomic mass is 19.4. The van der Waals surface area contributed by atoms with Gasteiger partial charge in [-0.2, -0.15) is 13.2 Å². The molecule has 0 N–H and O–H groups in total. The van der Waals surface area contributed by atoms with Gasteiger partial charge in [-0.3, -0.25) is 4.79 Å². The van der Waals surface area contributed by atoms with Crippen molar-refractivity contribution in [3.63, 3.8) is 0 Å². The van der Waals surface area contributed by atoms with Crippen molar-refractivity contribution in [3.05, 3.63) is 35.4 Å². The van der Waals surface area contributed by atoms with Gasteiger partial charge in [0.05, 0.1) is 5.56 Å². The molecule has 0 aromatic heterocycles. The molecule has 1 aliphatic heterocycles. The van der Waals surface area contributed by atoms with Crippen molar-refractivity contribution in [2.24, 2.45) is 0 Å². The molecule has 0 amide bonds. The van der Waals surface area contributed by atoms with Gasteiger partial charge in [-0.05, 0) is 38.3 Å². The number of benzene rings is 1. The molecule has 2 rings (SSSR count). The Labute approximate surface area is 121 Å². The Kier molecular flexibility index (Phi) is 5.00. The minimum absolute atomic E-state index is 0.200. The van der Waals surface area contributed by atoms with Crippen LogP contribution in [0.1, 0.15) is 42.1 Å². The molecule has 1 aromatic rings. The molecule has 1 aliphatic rings. The smallest absolute Gasteiger partial charge is 0.353 e. The lowest BCUT2D eigenvalue weighted by atomic mass is 10.0. The van der Waals surface area contributed by atoms with Gasteiger partial charge in [-0.15, -0.1) is 0 Å². The van der Waals surface area contributed by atoms with Gasteiger partial charge >= 0.3 is 6.18 Å². The standard InChI is InChI=1S/C15H17F3O3/c1-10(21-13-4-2-3-9-20-13)14(19)11-5-7-12(8-6-11)15(16,17)18/h5-8,10,13H,2-4,9H2,1H3. The summed E-state index contributed by atoms with van der Waals surface area (Å²) in [6.07, 6.45) is -2.88. The van der Waals surface area contributed by atoms with E-state index >= 15 is 0 Å². The second kappa shape index (κ2) is 6.58. The lowest BCUT2D eigenvalue weighted by molar-refractivity contribution is -0.174. The number of hydrogen-bond donors (Lipinski definition) is 0. The lowest BCUT2D eigenvalue weighted by Gasteiger charge is -2.25. The molecule has 0 radical (unpaired) electrons. The predicted molar refractivity (Wildman–Crippen MR) is 69.9 cm³/mol. The summed E-state index contributed by atoms with van der Waals surface area (Å²) < 4.78 is 48.3. The van der Waals surface area contributed by atoms with Crippen LogP contribution >= 0.6 is 0 Å². The van der Waals surface area contributed by atoms with E-state index in [4.69, 9.17) is 9.47 Å². The fourth-order valence-electron chi connectivity index (χ4n) is 2.17. The van der Waals surface area contributed by atoms with Crippen LogP contribution < -0.4 is 0 Å². The van der Waals surface area contributed by atoms with E-state index in [1.165, 1.54) is 12.1 Å². The Morgan fingerprint density at radius 2 is 1.95 bits per heavy atom. The molecular weight excluding hydrogens is 285 g/mol. The number of carbonyl (C=O) groups is 1. The number of alkyl halides is 3. The quantitative estimate of drug-likeness (QED) is 0.793. The first kappa shape index (κ1) is 16.0. The molecule has 1 saturated heterocycles. The Balaban J connectivity index is 1.98. The molecule has 0 spiro atoms. The van der Waals surface area contributed by atoms with Crippen LogP contribution in [0, 0.1) is 0 Å². The Morgan fingerprint density at radius 3 is 2.48 bits per heavy atom. The maximum Gasteiger partial charge on any atom is 0.416 e. The third-order valence-electron chi connectivity index (χ3n) is 3.36. The summed E-state index contributed by atoms with van der Waals surface area (Å²) >= 11 is 0. The summed E-state index contributed by atoms with van der Waals surface area (Å²) in [6, 6.07) is 4.15. The van der Waals surface area contributed by atoms with Crippen molar-refractivity contribution in [3.8, 4) is 0 Å². The van der Waals surface area contributed by atoms with Crippen molar-refractivity contribution in [2.75, 3.05) is 6.61 Å². The number of rotatable bonds is 4. The van der Waals surface area contributed by atoms with E-state index in [9.17, 15) is 18.0 Å². The van der Waals surface area contributed by atoms with E-state index in [1.54, 1.807) is 6.92 Å². The zero-order valence-electron chi connectivity index (χ0n) is 11.7. The number of Topliss-reactive ketones (excluding diaryl/α,β-unsaturated/α-hetero) is 1. The van der Waals surface area contributed by atoms with Gasteiger partial charge in [-0.25, -0.2) is 0 Å². The highest BCUT2D eigenvalue weighted by Gasteiger charge is 2.30. The number of halogens is 3. The van der Waals surface area contributed by atoms with E-state index in [0.29, 0.717) is 6.61 Å². The number of hydrogen-bond acceptors (Lipinski definition) is 3. The van der Waals surface area contributed by atoms with Gasteiger partial charge in [0.2, 0.25) is 0 Å². The molecule has 2 atom stereocenters. The molecule has 1 heterocycles. The van der Waals surface area contributed by atoms with Crippen molar-refractivity contribution < 1.29 is 27.4 Å². The zero-order chi connectivity index (χ0) is 15.5. The van der Waals surface area contributed by atoms with Crippen LogP contribution in [-0.2, 0) is 15.7 Å². The maximum atomic E-state index is 12.5. The lowest BCUT2D eigenvalue weighted by Crippen LogP contribution is -2.31. The van der Waals surface area contributed by atoms with Crippen LogP contribution in [0.2, 0.25) is 0 Å². The summed E-state index contributed by atoms with van der Waals surface area (Å²) in [5.74, 6) is -0.349. The summed E-state index contributed by atoms with van der Waals surface area (Å²) in [4.78, 5) is 12.1. The van der Waals surface area contributed by atoms with Crippen LogP contribution in [-0.4, -0.2) is 24.8 Å². The van der Waals surface area contributed by atoms with Crippen molar-refractivity contribution in [1.29, 1.82) is 0 Å². The third-order valence-corrected chi connectivity index (χ3v) is 3.36. The number of ether oxygens (including phenoxy) is 2. The first-order valence-corrected chi connectivity index (χ1v) is 6.86. The molecule has 3 nitrogen and oxygen atoms in total. The van der Waals surface area contributed by atoms with Crippen LogP contribution in [0.25, 0.3) is 0 Å². The van der Waals surface area contributed by atoms with Gasteiger partial charge in [0.25, 0.3) is 0 Å². The Bertz CT molecular complexity index is 476. The van der Waals surface area contributed by atoms with E-state index in [0.717, 1.165) is 31.4 Å². The molecule has 0 saturated carbocycles. The van der Waals surface area contributed by atoms with E-state index in [2.05, 4.69) is 0 Å². The summed E-state index contributed by atoms with van der Waals surface area (Å²) in [5, 5.41) is 0. The Hall–Kier alpha value is -1.40. The molecule has 2 unspecified atom stereocenters. The maximum absolute atomic E-state index is 12.5. The second-order valence-corrected chi connectivity index (χ2v) is 5.01. The largest absolute Gasteiger partial charge is 0.416 e. The first-order valence-electron chi connectivity index (χ1n) is 6.86. The normalized spacial score (nSPS) is 21.0. The van der Waals surface area contributed by atoms with Gasteiger partial charge in [0, 0.05) is 12.2 Å². The van der Waals surface area contributed by atoms with E-state index in [-0.39, 0.29) is 11.3 Å². The molecule has 0 aliphatic carbocycles. The van der Waals surface area contributed by atoms with Crippen molar-refractivity contribution in [1.82, 2.24) is 0 Å². The molecule has 21 heavy (non-hydrogen) atoms. The average molecular weight is 302 g/mol. The Morgan fingerprint density at radius 1 is 1.29 bits per heavy atom. The highest BCUT2D eigenvalue weighted by Crippen LogP contribution is 2.29. The van der Waals surface area contributed by atoms with Crippen LogP contribution in [0.5, 0.6) is 0 Å². The summed E-state index contributed by atoms with van der Waals surface area (Å²) in [6.45, 7) is 2.18. The highest BCUT2D eigenvalue weighted by molar-refractivity contribution is 5.99. The minimum Gasteiger partial charge on any atom is -0.353 e. The van der Waals surface area contributed by atoms with Crippen LogP contribution in [0.15, 0.2) is 24.3 Å². The van der Waals surface area contributed by atoms with Gasteiger partial charge in [0.15, 0.2) is 12.1 Å². The predicted octanol–water partition coefficient (Wildman–Crippen LogP) is 3.82. The van der Waals surface area contributed by atoms with Crippen LogP contribution in [0.3, 0.4) is 0 Å². The second-order valence-electron chi connectivity index (χ2n) is 5.01. The topological polar surface area (TPSA) is 35.5 Å². The third kappa shape index (κ3) is 4.28. The molecule has 1 aromatic carbocycles. The average Bonchev–Trinajstić information content (AvgIpc) is 2.46. The SMILES string of the molecule is CC(OC1CCCCO1)C(=O)c1ccc(C(F)(F)F)cc1. The number of ketones is 1. The van der Waals surface area contributed by atoms with Gasteiger partial charge in [-0.1, -0.05) is 12.1 Å². The fourth-order valence-corrected chi connectivity index (χ4v) is 2.17. The minimum atomic E-state index is -4.40. The molecule has 116 valence electrons. The van der Waals surface area contributed by atoms with E-state index < -0.39 is 24.1 Å². The monoisotopic (exact) mass is 302 g/mol. The van der Waals surface area contributed by atoms with Gasteiger partial charge in [0.1, 0.15) is 6.10 Å². The van der Waals surface area contributed by atoms with Crippen LogP contribution in [0.4, 0.5) is 13.2 Å². The molecule has 0 bridgehead atoms. The van der Waals surface area contributed by atoms with Crippen molar-refractivity contribution in [2.45, 2.75) is 44.8 Å². The summed E-state index contributed by atoms with van der Waals surface area (Å²) in [7, 11) is 0. The van der Waals surface area contributed by atoms with Gasteiger partial charge < -0.3 is 9.47 Å². The molecule has 1 fully saturated rings. The zero-order valence-corrected chi connectivity index (χ0v) is 11.7. The van der Waals surface area contributed by atoms with E-state index in [1.807, 2.05) is 0 Å². The molecular formula is C15H17F3O3. The fraction of sp³-hybridized carbons (Fsp3) is 0.533. The molecule has 6 heteroatoms.